The van der Waals surface area contributed by atoms with Crippen LogP contribution < -0.4 is 4.74 Å². The van der Waals surface area contributed by atoms with Crippen molar-refractivity contribution in [3.8, 4) is 5.75 Å². The van der Waals surface area contributed by atoms with E-state index < -0.39 is 0 Å². The van der Waals surface area contributed by atoms with Gasteiger partial charge in [0.05, 0.1) is 6.61 Å². The summed E-state index contributed by atoms with van der Waals surface area (Å²) >= 11 is 5.55. The summed E-state index contributed by atoms with van der Waals surface area (Å²) in [6, 6.07) is 7.41. The quantitative estimate of drug-likeness (QED) is 0.578. The maximum atomic E-state index is 11.1. The lowest BCUT2D eigenvalue weighted by Gasteiger charge is -2.06. The number of carbonyl (C=O) groups is 1. The van der Waals surface area contributed by atoms with Crippen molar-refractivity contribution < 1.29 is 14.3 Å². The molecule has 0 N–H and O–H groups in total. The zero-order valence-corrected chi connectivity index (χ0v) is 10.4. The summed E-state index contributed by atoms with van der Waals surface area (Å²) in [5, 5.41) is 0. The van der Waals surface area contributed by atoms with Gasteiger partial charge >= 0.3 is 5.97 Å². The Kier molecular flexibility index (Phi) is 6.18. The van der Waals surface area contributed by atoms with E-state index in [1.165, 1.54) is 0 Å². The maximum Gasteiger partial charge on any atom is 0.344 e. The molecule has 1 aromatic rings. The molecule has 0 radical (unpaired) electrons. The summed E-state index contributed by atoms with van der Waals surface area (Å²) in [5.41, 5.74) is 0.979. The van der Waals surface area contributed by atoms with Crippen molar-refractivity contribution in [2.24, 2.45) is 0 Å². The lowest BCUT2D eigenvalue weighted by molar-refractivity contribution is -0.145. The fourth-order valence-corrected chi connectivity index (χ4v) is 1.32. The number of hydrogen-bond acceptors (Lipinski definition) is 3. The highest BCUT2D eigenvalue weighted by Gasteiger charge is 2.02. The Balaban J connectivity index is 2.53. The Labute approximate surface area is 106 Å². The minimum absolute atomic E-state index is 0.0729. The number of carbonyl (C=O) groups excluding carboxylic acids is 1. The van der Waals surface area contributed by atoms with Crippen LogP contribution in [0, 0.1) is 0 Å². The standard InChI is InChI=1S/C13H15ClO3/c1-2-16-13(15)10-17-12-7-3-5-11(9-12)6-4-8-14/h3-7,9H,2,8,10H2,1H3/b6-4+. The number of alkyl halides is 1. The molecule has 0 saturated heterocycles. The number of allylic oxidation sites excluding steroid dienone is 1. The van der Waals surface area contributed by atoms with Crippen LogP contribution in [0.25, 0.3) is 6.08 Å². The first-order chi connectivity index (χ1) is 8.26. The maximum absolute atomic E-state index is 11.1. The van der Waals surface area contributed by atoms with Gasteiger partial charge < -0.3 is 9.47 Å². The van der Waals surface area contributed by atoms with E-state index in [9.17, 15) is 4.79 Å². The van der Waals surface area contributed by atoms with Gasteiger partial charge in [-0.15, -0.1) is 11.6 Å². The molecule has 17 heavy (non-hydrogen) atoms. The van der Waals surface area contributed by atoms with E-state index in [0.717, 1.165) is 5.56 Å². The molecule has 4 heteroatoms. The number of halogens is 1. The van der Waals surface area contributed by atoms with Crippen LogP contribution in [0.3, 0.4) is 0 Å². The average molecular weight is 255 g/mol. The molecule has 0 amide bonds. The molecule has 0 aliphatic rings. The summed E-state index contributed by atoms with van der Waals surface area (Å²) < 4.78 is 10.1. The Morgan fingerprint density at radius 3 is 3.00 bits per heavy atom. The van der Waals surface area contributed by atoms with Crippen LogP contribution in [0.1, 0.15) is 12.5 Å². The van der Waals surface area contributed by atoms with E-state index in [1.54, 1.807) is 13.0 Å². The molecule has 92 valence electrons. The molecule has 0 aliphatic heterocycles. The molecule has 0 atom stereocenters. The van der Waals surface area contributed by atoms with Crippen LogP contribution in [0.5, 0.6) is 5.75 Å². The molecular formula is C13H15ClO3. The number of rotatable bonds is 6. The topological polar surface area (TPSA) is 35.5 Å². The molecular weight excluding hydrogens is 240 g/mol. The van der Waals surface area contributed by atoms with Gasteiger partial charge in [-0.2, -0.15) is 0 Å². The van der Waals surface area contributed by atoms with Crippen LogP contribution in [-0.4, -0.2) is 25.1 Å². The number of esters is 1. The molecule has 0 fully saturated rings. The highest BCUT2D eigenvalue weighted by molar-refractivity contribution is 6.19. The van der Waals surface area contributed by atoms with E-state index in [2.05, 4.69) is 0 Å². The molecule has 0 heterocycles. The van der Waals surface area contributed by atoms with Crippen molar-refractivity contribution in [2.45, 2.75) is 6.92 Å². The lowest BCUT2D eigenvalue weighted by Crippen LogP contribution is -2.14. The number of ether oxygens (including phenoxy) is 2. The largest absolute Gasteiger partial charge is 0.482 e. The number of hydrogen-bond donors (Lipinski definition) is 0. The lowest BCUT2D eigenvalue weighted by atomic mass is 10.2. The van der Waals surface area contributed by atoms with Crippen molar-refractivity contribution in [3.05, 3.63) is 35.9 Å². The summed E-state index contributed by atoms with van der Waals surface area (Å²) in [6.07, 6.45) is 3.73. The molecule has 1 rings (SSSR count). The molecule has 0 aliphatic carbocycles. The first-order valence-electron chi connectivity index (χ1n) is 5.37. The smallest absolute Gasteiger partial charge is 0.344 e. The fraction of sp³-hybridized carbons (Fsp3) is 0.308. The second kappa shape index (κ2) is 7.74. The second-order valence-electron chi connectivity index (χ2n) is 3.22. The van der Waals surface area contributed by atoms with Gasteiger partial charge in [-0.05, 0) is 24.6 Å². The van der Waals surface area contributed by atoms with Gasteiger partial charge in [-0.25, -0.2) is 4.79 Å². The predicted octanol–water partition coefficient (Wildman–Crippen LogP) is 2.88. The molecule has 0 bridgehead atoms. The molecule has 0 saturated carbocycles. The Morgan fingerprint density at radius 1 is 1.47 bits per heavy atom. The molecule has 0 spiro atoms. The van der Waals surface area contributed by atoms with Crippen LogP contribution in [0.2, 0.25) is 0 Å². The third-order valence-corrected chi connectivity index (χ3v) is 2.10. The Morgan fingerprint density at radius 2 is 2.29 bits per heavy atom. The van der Waals surface area contributed by atoms with Gasteiger partial charge in [0.25, 0.3) is 0 Å². The fourth-order valence-electron chi connectivity index (χ4n) is 1.23. The molecule has 1 aromatic carbocycles. The van der Waals surface area contributed by atoms with Gasteiger partial charge in [0, 0.05) is 5.88 Å². The van der Waals surface area contributed by atoms with Crippen molar-refractivity contribution in [2.75, 3.05) is 19.1 Å². The molecule has 0 unspecified atom stereocenters. The monoisotopic (exact) mass is 254 g/mol. The average Bonchev–Trinajstić information content (AvgIpc) is 2.35. The van der Waals surface area contributed by atoms with Crippen molar-refractivity contribution >= 4 is 23.6 Å². The molecule has 0 aromatic heterocycles. The van der Waals surface area contributed by atoms with E-state index in [1.807, 2.05) is 30.4 Å². The van der Waals surface area contributed by atoms with E-state index in [0.29, 0.717) is 18.2 Å². The summed E-state index contributed by atoms with van der Waals surface area (Å²) in [6.45, 7) is 2.05. The van der Waals surface area contributed by atoms with Gasteiger partial charge in [0.1, 0.15) is 5.75 Å². The van der Waals surface area contributed by atoms with Gasteiger partial charge in [0.15, 0.2) is 6.61 Å². The zero-order chi connectivity index (χ0) is 12.5. The van der Waals surface area contributed by atoms with E-state index >= 15 is 0 Å². The van der Waals surface area contributed by atoms with Gasteiger partial charge in [-0.3, -0.25) is 0 Å². The summed E-state index contributed by atoms with van der Waals surface area (Å²) in [7, 11) is 0. The Hall–Kier alpha value is -1.48. The van der Waals surface area contributed by atoms with Crippen molar-refractivity contribution in [1.29, 1.82) is 0 Å². The van der Waals surface area contributed by atoms with Crippen LogP contribution in [0.15, 0.2) is 30.3 Å². The minimum Gasteiger partial charge on any atom is -0.482 e. The third kappa shape index (κ3) is 5.41. The Bertz CT molecular complexity index is 388. The number of benzene rings is 1. The first-order valence-corrected chi connectivity index (χ1v) is 5.90. The SMILES string of the molecule is CCOC(=O)COc1cccc(/C=C/CCl)c1. The highest BCUT2D eigenvalue weighted by Crippen LogP contribution is 2.14. The summed E-state index contributed by atoms with van der Waals surface area (Å²) in [4.78, 5) is 11.1. The third-order valence-electron chi connectivity index (χ3n) is 1.92. The van der Waals surface area contributed by atoms with Crippen molar-refractivity contribution in [3.63, 3.8) is 0 Å². The van der Waals surface area contributed by atoms with E-state index in [4.69, 9.17) is 21.1 Å². The minimum atomic E-state index is -0.366. The predicted molar refractivity (Wildman–Crippen MR) is 68.3 cm³/mol. The normalized spacial score (nSPS) is 10.5. The van der Waals surface area contributed by atoms with Gasteiger partial charge in [0.2, 0.25) is 0 Å². The highest BCUT2D eigenvalue weighted by atomic mass is 35.5. The summed E-state index contributed by atoms with van der Waals surface area (Å²) in [5.74, 6) is 0.734. The first kappa shape index (κ1) is 13.6. The van der Waals surface area contributed by atoms with Crippen LogP contribution in [0.4, 0.5) is 0 Å². The second-order valence-corrected chi connectivity index (χ2v) is 3.53. The zero-order valence-electron chi connectivity index (χ0n) is 9.69. The van der Waals surface area contributed by atoms with E-state index in [-0.39, 0.29) is 12.6 Å². The van der Waals surface area contributed by atoms with Crippen LogP contribution >= 0.6 is 11.6 Å². The van der Waals surface area contributed by atoms with Crippen molar-refractivity contribution in [1.82, 2.24) is 0 Å². The van der Waals surface area contributed by atoms with Crippen LogP contribution in [-0.2, 0) is 9.53 Å². The van der Waals surface area contributed by atoms with Gasteiger partial charge in [-0.1, -0.05) is 24.3 Å². The molecule has 3 nitrogen and oxygen atoms in total.